The van der Waals surface area contributed by atoms with Gasteiger partial charge in [-0.1, -0.05) is 210 Å². The van der Waals surface area contributed by atoms with Crippen molar-refractivity contribution in [3.63, 3.8) is 0 Å². The quantitative estimate of drug-likeness (QED) is 0.0261. The third kappa shape index (κ3) is 22.3. The van der Waals surface area contributed by atoms with Crippen LogP contribution in [0.3, 0.4) is 0 Å². The number of hydrogen-bond acceptors (Lipinski definition) is 22. The molecule has 4 fully saturated rings. The van der Waals surface area contributed by atoms with E-state index >= 15 is 0 Å². The molecule has 696 valence electrons. The number of aromatic amines is 1. The van der Waals surface area contributed by atoms with Crippen molar-refractivity contribution in [3.05, 3.63) is 356 Å². The molecule has 137 heavy (non-hydrogen) atoms. The molecule has 11 aromatic carbocycles. The van der Waals surface area contributed by atoms with Crippen molar-refractivity contribution >= 4 is 75.2 Å². The van der Waals surface area contributed by atoms with E-state index in [0.717, 1.165) is 138 Å². The summed E-state index contributed by atoms with van der Waals surface area (Å²) in [6.07, 6.45) is 8.86. The van der Waals surface area contributed by atoms with E-state index in [1.807, 2.05) is 152 Å². The second-order valence-electron chi connectivity index (χ2n) is 33.9. The molecular weight excluding hydrogens is 1810 g/mol. The van der Waals surface area contributed by atoms with Crippen LogP contribution in [0.5, 0.6) is 28.7 Å². The van der Waals surface area contributed by atoms with E-state index in [2.05, 4.69) is 72.9 Å². The molecule has 0 unspecified atom stereocenters. The van der Waals surface area contributed by atoms with Crippen molar-refractivity contribution in [3.8, 4) is 119 Å². The Morgan fingerprint density at radius 1 is 0.336 bits per heavy atom. The molecule has 20 rings (SSSR count). The van der Waals surface area contributed by atoms with Crippen LogP contribution in [0.1, 0.15) is 117 Å². The molecule has 4 aliphatic rings. The lowest BCUT2D eigenvalue weighted by molar-refractivity contribution is 0.0201. The highest BCUT2D eigenvalue weighted by atomic mass is 35.5. The molecule has 5 aromatic heterocycles. The highest BCUT2D eigenvalue weighted by Crippen LogP contribution is 2.44. The molecule has 0 radical (unpaired) electrons. The zero-order chi connectivity index (χ0) is 95.0. The number of nitrogens with zero attached hydrogens (tertiary/aromatic N) is 8. The number of H-pyrrole nitrogens is 1. The van der Waals surface area contributed by atoms with Crippen molar-refractivity contribution in [2.45, 2.75) is 77.8 Å². The van der Waals surface area contributed by atoms with Crippen LogP contribution >= 0.6 is 46.4 Å². The lowest BCUT2D eigenvalue weighted by Crippen LogP contribution is -2.53. The maximum absolute atomic E-state index is 13.8. The second-order valence-corrected chi connectivity index (χ2v) is 35.5. The Hall–Kier alpha value is -14.0. The Bertz CT molecular complexity index is 6830. The Kier molecular flexibility index (Phi) is 30.6. The van der Waals surface area contributed by atoms with Gasteiger partial charge in [-0.05, 0) is 216 Å². The first-order valence-electron chi connectivity index (χ1n) is 45.8. The van der Waals surface area contributed by atoms with Crippen molar-refractivity contribution < 1.29 is 61.3 Å². The molecule has 16 aromatic rings. The van der Waals surface area contributed by atoms with Gasteiger partial charge in [0.2, 0.25) is 0 Å². The summed E-state index contributed by atoms with van der Waals surface area (Å²) in [6.45, 7) is 20.6. The molecule has 0 bridgehead atoms. The summed E-state index contributed by atoms with van der Waals surface area (Å²) in [5, 5.41) is 28.9. The van der Waals surface area contributed by atoms with Crippen LogP contribution in [-0.4, -0.2) is 176 Å². The van der Waals surface area contributed by atoms with E-state index in [1.54, 1.807) is 134 Å². The van der Waals surface area contributed by atoms with Crippen molar-refractivity contribution in [2.75, 3.05) is 84.3 Å². The van der Waals surface area contributed by atoms with Crippen molar-refractivity contribution in [2.24, 2.45) is 0 Å². The van der Waals surface area contributed by atoms with Crippen molar-refractivity contribution in [1.29, 1.82) is 0 Å². The number of nitrogens with one attached hydrogen (secondary N) is 1. The van der Waals surface area contributed by atoms with Crippen LogP contribution in [0.15, 0.2) is 310 Å². The highest BCUT2D eigenvalue weighted by Gasteiger charge is 2.36. The minimum atomic E-state index is -0.260. The van der Waals surface area contributed by atoms with Crippen molar-refractivity contribution in [1.82, 2.24) is 45.2 Å². The molecule has 27 heteroatoms. The van der Waals surface area contributed by atoms with Gasteiger partial charge in [0, 0.05) is 137 Å². The van der Waals surface area contributed by atoms with E-state index < -0.39 is 0 Å². The number of hydrogen-bond donors (Lipinski definition) is 3. The smallest absolute Gasteiger partial charge is 0.199 e. The molecular formula is C110H100Cl4N10O13. The molecule has 0 amide bonds. The van der Waals surface area contributed by atoms with E-state index in [9.17, 15) is 24.3 Å². The normalized spacial score (nSPS) is 14.1. The number of aromatic hydroxyl groups is 1. The zero-order valence-electron chi connectivity index (χ0n) is 75.8. The largest absolute Gasteiger partial charge is 0.508 e. The summed E-state index contributed by atoms with van der Waals surface area (Å²) >= 11 is 25.7. The minimum Gasteiger partial charge on any atom is -0.508 e. The monoisotopic (exact) mass is 1910 g/mol. The van der Waals surface area contributed by atoms with Crippen LogP contribution in [0.4, 0.5) is 5.69 Å². The van der Waals surface area contributed by atoms with E-state index in [4.69, 9.17) is 89.2 Å². The Morgan fingerprint density at radius 2 is 0.606 bits per heavy atom. The summed E-state index contributed by atoms with van der Waals surface area (Å²) in [7, 11) is 0. The van der Waals surface area contributed by atoms with Gasteiger partial charge in [0.1, 0.15) is 75.9 Å². The molecule has 0 saturated carbocycles. The number of carbonyl (C=O) groups is 4. The van der Waals surface area contributed by atoms with E-state index in [1.165, 1.54) is 6.07 Å². The number of nitrogen functional groups attached to an aromatic ring is 1. The fourth-order valence-electron chi connectivity index (χ4n) is 16.9. The third-order valence-corrected chi connectivity index (χ3v) is 25.2. The summed E-state index contributed by atoms with van der Waals surface area (Å²) < 4.78 is 46.9. The van der Waals surface area contributed by atoms with Crippen LogP contribution in [-0.2, 0) is 0 Å². The summed E-state index contributed by atoms with van der Waals surface area (Å²) in [5.41, 5.74) is 16.8. The number of aromatic nitrogens is 5. The first-order chi connectivity index (χ1) is 66.8. The highest BCUT2D eigenvalue weighted by molar-refractivity contribution is 6.35. The van der Waals surface area contributed by atoms with E-state index in [0.29, 0.717) is 138 Å². The topological polar surface area (TPSA) is 284 Å². The fraction of sp³-hybridized carbons (Fsp3) is 0.218. The molecule has 4 aliphatic heterocycles. The third-order valence-electron chi connectivity index (χ3n) is 23.9. The Labute approximate surface area is 813 Å². The van der Waals surface area contributed by atoms with Crippen LogP contribution < -0.4 is 24.7 Å². The number of ether oxygens (including phenoxy) is 4. The molecule has 0 spiro atoms. The number of halogens is 4. The average Bonchev–Trinajstić information content (AvgIpc) is 1.72. The number of ketones is 4. The molecule has 0 aliphatic carbocycles. The summed E-state index contributed by atoms with van der Waals surface area (Å²) in [5.74, 6) is 3.69. The number of phenols is 1. The number of rotatable bonds is 32. The van der Waals surface area contributed by atoms with Crippen LogP contribution in [0.2, 0.25) is 20.1 Å². The maximum Gasteiger partial charge on any atom is 0.199 e. The minimum absolute atomic E-state index is 0.0617. The first-order valence-corrected chi connectivity index (χ1v) is 47.3. The van der Waals surface area contributed by atoms with Gasteiger partial charge in [-0.25, -0.2) is 0 Å². The summed E-state index contributed by atoms with van der Waals surface area (Å²) in [4.78, 5) is 67.4. The van der Waals surface area contributed by atoms with Gasteiger partial charge < -0.3 is 52.9 Å². The second kappa shape index (κ2) is 44.2. The Balaban J connectivity index is 0.000000127. The summed E-state index contributed by atoms with van der Waals surface area (Å²) in [6, 6.07) is 82.9. The average molecular weight is 1910 g/mol. The predicted molar refractivity (Wildman–Crippen MR) is 534 cm³/mol. The van der Waals surface area contributed by atoms with Gasteiger partial charge in [-0.2, -0.15) is 0 Å². The Morgan fingerprint density at radius 3 is 0.883 bits per heavy atom. The molecule has 23 nitrogen and oxygen atoms in total. The van der Waals surface area contributed by atoms with Crippen LogP contribution in [0, 0.1) is 0 Å². The van der Waals surface area contributed by atoms with Gasteiger partial charge in [0.15, 0.2) is 46.2 Å². The van der Waals surface area contributed by atoms with Gasteiger partial charge >= 0.3 is 0 Å². The number of carbonyl (C=O) groups excluding carboxylic acids is 4. The van der Waals surface area contributed by atoms with Gasteiger partial charge in [0.05, 0.1) is 42.3 Å². The zero-order valence-corrected chi connectivity index (χ0v) is 78.9. The predicted octanol–water partition coefficient (Wildman–Crippen LogP) is 24.1. The number of anilines is 1. The first kappa shape index (κ1) is 94.8. The lowest BCUT2D eigenvalue weighted by atomic mass is 9.95. The lowest BCUT2D eigenvalue weighted by Gasteiger charge is -2.38. The number of likely N-dealkylation sites (tertiary alicyclic amines) is 4. The van der Waals surface area contributed by atoms with Gasteiger partial charge in [-0.15, -0.1) is 0 Å². The molecule has 0 atom stereocenters. The van der Waals surface area contributed by atoms with Crippen LogP contribution in [0.25, 0.3) is 90.3 Å². The fourth-order valence-corrected chi connectivity index (χ4v) is 17.8. The van der Waals surface area contributed by atoms with Gasteiger partial charge in [-0.3, -0.25) is 38.8 Å². The molecule has 4 N–H and O–H groups in total. The number of benzene rings is 11. The van der Waals surface area contributed by atoms with E-state index in [-0.39, 0.29) is 64.6 Å². The molecule has 9 heterocycles. The SMILES string of the molecule is CCCN1CC(Oc2ccc(C(=O)c3c(-c4ccccc4Cl)noc3-c3cc[nH]c3)cc2)C1.CCCN1CC(Oc2ccc(C(=O)c3c(-c4ccccc4Cl)noc3-c3ccc(N)cc3)cc2)C1.CCCN1CC(Oc2ccc(C(=O)c3c(-c4ccccc4Cl)noc3-c3cccc(O)c3)cc2)C1.CCCN1CC(Oc2ccc(C(=O)c3c(-c4ccccc4Cl)noc3-c3ccccc3)cc2)C1. The maximum atomic E-state index is 13.8. The molecule has 4 saturated heterocycles. The standard InChI is InChI=1S/C28H26ClN3O3.C28H25ClN2O4.C28H25ClN2O3.C26H24ClN3O3/c1-2-15-32-16-22(17-32)34-21-13-9-18(10-14-21)27(33)25-26(23-5-3-4-6-24(23)29)31-35-28(25)19-7-11-20(30)12-8-19;1-2-14-31-16-22(17-31)34-21-12-10-18(11-13-21)27(33)25-26(23-8-3-4-9-24(23)29)30-35-28(25)19-6-5-7-20(32)15-19;1-2-16-31-17-22(18-31)33-21-14-12-19(13-15-21)27(32)25-26(23-10-6-7-11-24(23)29)30-34-28(25)20-8-4-3-5-9-20;1-2-13-30-15-20(16-30)32-19-9-7-17(8-10-19)25(31)23-24(21-5-3-4-6-22(21)27)29-33-26(23)18-11-12-28-14-18/h3-14,22H,2,15-17,30H2,1H3;3-13,15,22,32H,2,14,16-17H2,1H3;3-15,22H,2,16-18H2,1H3;3-12,14,20,28H,2,13,15-16H2,1H3. The number of phenolic OH excluding ortho intramolecular Hbond substituents is 1. The number of nitrogens with two attached hydrogens (primary N) is 1. The van der Waals surface area contributed by atoms with Gasteiger partial charge in [0.25, 0.3) is 0 Å².